The molecule has 0 saturated heterocycles. The van der Waals surface area contributed by atoms with Crippen LogP contribution in [0.3, 0.4) is 0 Å². The van der Waals surface area contributed by atoms with Crippen molar-refractivity contribution in [3.05, 3.63) is 18.0 Å². The van der Waals surface area contributed by atoms with Crippen LogP contribution >= 0.6 is 0 Å². The number of nitrogens with zero attached hydrogens (tertiary/aromatic N) is 2. The minimum atomic E-state index is -4.48. The van der Waals surface area contributed by atoms with Gasteiger partial charge in [0.25, 0.3) is 0 Å². The molecule has 1 unspecified atom stereocenters. The molecule has 3 nitrogen and oxygen atoms in total. The van der Waals surface area contributed by atoms with Crippen molar-refractivity contribution in [2.75, 3.05) is 6.61 Å². The van der Waals surface area contributed by atoms with Gasteiger partial charge in [0.2, 0.25) is 0 Å². The molecule has 0 saturated carbocycles. The maximum absolute atomic E-state index is 12.4. The molecule has 0 aliphatic carbocycles. The summed E-state index contributed by atoms with van der Waals surface area (Å²) in [6, 6.07) is -1.95. The molecule has 0 amide bonds. The van der Waals surface area contributed by atoms with E-state index in [2.05, 4.69) is 5.10 Å². The molecule has 0 aliphatic rings. The molecule has 1 N–H and O–H groups in total. The Bertz CT molecular complexity index is 319. The van der Waals surface area contributed by atoms with E-state index < -0.39 is 18.8 Å². The average Bonchev–Trinajstić information content (AvgIpc) is 2.51. The Kier molecular flexibility index (Phi) is 3.38. The summed E-state index contributed by atoms with van der Waals surface area (Å²) in [7, 11) is 0. The Morgan fingerprint density at radius 3 is 2.40 bits per heavy atom. The van der Waals surface area contributed by atoms with Crippen molar-refractivity contribution in [2.24, 2.45) is 0 Å². The summed E-state index contributed by atoms with van der Waals surface area (Å²) in [6.45, 7) is 2.73. The highest BCUT2D eigenvalue weighted by molar-refractivity contribution is 5.09. The predicted molar refractivity (Wildman–Crippen MR) is 48.5 cm³/mol. The highest BCUT2D eigenvalue weighted by Gasteiger charge is 2.41. The first-order valence-corrected chi connectivity index (χ1v) is 4.58. The minimum Gasteiger partial charge on any atom is -0.394 e. The summed E-state index contributed by atoms with van der Waals surface area (Å²) < 4.78 is 37.9. The number of aliphatic hydroxyl groups is 1. The van der Waals surface area contributed by atoms with Crippen molar-refractivity contribution in [1.82, 2.24) is 9.78 Å². The van der Waals surface area contributed by atoms with Gasteiger partial charge in [-0.1, -0.05) is 13.8 Å². The summed E-state index contributed by atoms with van der Waals surface area (Å²) in [5.41, 5.74) is 0.720. The largest absolute Gasteiger partial charge is 0.413 e. The third-order valence-corrected chi connectivity index (χ3v) is 2.16. The lowest BCUT2D eigenvalue weighted by atomic mass is 10.1. The van der Waals surface area contributed by atoms with E-state index >= 15 is 0 Å². The van der Waals surface area contributed by atoms with Gasteiger partial charge in [-0.25, -0.2) is 0 Å². The van der Waals surface area contributed by atoms with Crippen LogP contribution in [0.15, 0.2) is 12.4 Å². The van der Waals surface area contributed by atoms with Crippen LogP contribution in [0.2, 0.25) is 0 Å². The Morgan fingerprint density at radius 1 is 1.47 bits per heavy atom. The van der Waals surface area contributed by atoms with Crippen LogP contribution in [0, 0.1) is 0 Å². The molecule has 0 aliphatic heterocycles. The fraction of sp³-hybridized carbons (Fsp3) is 0.667. The molecular formula is C9H13F3N2O. The third-order valence-electron chi connectivity index (χ3n) is 2.16. The highest BCUT2D eigenvalue weighted by atomic mass is 19.4. The first kappa shape index (κ1) is 12.0. The Labute approximate surface area is 85.5 Å². The quantitative estimate of drug-likeness (QED) is 0.850. The molecule has 0 spiro atoms. The molecule has 86 valence electrons. The second-order valence-electron chi connectivity index (χ2n) is 3.65. The lowest BCUT2D eigenvalue weighted by Crippen LogP contribution is -2.29. The number of alkyl halides is 3. The fourth-order valence-electron chi connectivity index (χ4n) is 1.16. The normalized spacial score (nSPS) is 14.6. The minimum absolute atomic E-state index is 0.117. The van der Waals surface area contributed by atoms with Crippen molar-refractivity contribution >= 4 is 0 Å². The summed E-state index contributed by atoms with van der Waals surface area (Å²) in [6.07, 6.45) is -1.77. The summed E-state index contributed by atoms with van der Waals surface area (Å²) in [4.78, 5) is 0. The molecule has 6 heteroatoms. The molecule has 1 aromatic rings. The van der Waals surface area contributed by atoms with Crippen LogP contribution < -0.4 is 0 Å². The van der Waals surface area contributed by atoms with E-state index in [0.717, 1.165) is 10.2 Å². The van der Waals surface area contributed by atoms with E-state index in [1.807, 2.05) is 13.8 Å². The van der Waals surface area contributed by atoms with E-state index in [1.54, 1.807) is 0 Å². The van der Waals surface area contributed by atoms with Crippen LogP contribution in [0.25, 0.3) is 0 Å². The number of halogens is 3. The van der Waals surface area contributed by atoms with Crippen molar-refractivity contribution in [3.8, 4) is 0 Å². The van der Waals surface area contributed by atoms with Crippen molar-refractivity contribution in [2.45, 2.75) is 32.0 Å². The number of rotatable bonds is 3. The van der Waals surface area contributed by atoms with Gasteiger partial charge >= 0.3 is 6.18 Å². The van der Waals surface area contributed by atoms with Gasteiger partial charge in [0, 0.05) is 6.20 Å². The molecule has 1 aromatic heterocycles. The van der Waals surface area contributed by atoms with Crippen LogP contribution in [0.4, 0.5) is 13.2 Å². The van der Waals surface area contributed by atoms with Gasteiger partial charge in [0.05, 0.1) is 12.8 Å². The number of aromatic nitrogens is 2. The summed E-state index contributed by atoms with van der Waals surface area (Å²) >= 11 is 0. The molecule has 15 heavy (non-hydrogen) atoms. The van der Waals surface area contributed by atoms with Crippen molar-refractivity contribution in [1.29, 1.82) is 0 Å². The topological polar surface area (TPSA) is 38.0 Å². The first-order chi connectivity index (χ1) is 6.86. The molecular weight excluding hydrogens is 209 g/mol. The third kappa shape index (κ3) is 2.71. The highest BCUT2D eigenvalue weighted by Crippen LogP contribution is 2.30. The van der Waals surface area contributed by atoms with Crippen LogP contribution in [0.1, 0.15) is 31.4 Å². The number of aliphatic hydroxyl groups excluding tert-OH is 1. The van der Waals surface area contributed by atoms with Gasteiger partial charge in [-0.2, -0.15) is 18.3 Å². The fourth-order valence-corrected chi connectivity index (χ4v) is 1.16. The first-order valence-electron chi connectivity index (χ1n) is 4.58. The second-order valence-corrected chi connectivity index (χ2v) is 3.65. The summed E-state index contributed by atoms with van der Waals surface area (Å²) in [5.74, 6) is 0.117. The molecule has 0 aromatic carbocycles. The van der Waals surface area contributed by atoms with E-state index in [1.165, 1.54) is 12.4 Å². The van der Waals surface area contributed by atoms with E-state index in [0.29, 0.717) is 0 Å². The molecule has 0 fully saturated rings. The van der Waals surface area contributed by atoms with Gasteiger partial charge < -0.3 is 5.11 Å². The summed E-state index contributed by atoms with van der Waals surface area (Å²) in [5, 5.41) is 12.3. The maximum atomic E-state index is 12.4. The Balaban J connectivity index is 2.93. The van der Waals surface area contributed by atoms with Gasteiger partial charge in [-0.15, -0.1) is 0 Å². The SMILES string of the molecule is CC(C)c1cnn(C(CO)C(F)(F)F)c1. The molecule has 1 heterocycles. The monoisotopic (exact) mass is 222 g/mol. The van der Waals surface area contributed by atoms with Crippen LogP contribution in [-0.4, -0.2) is 27.7 Å². The molecule has 1 rings (SSSR count). The number of hydrogen-bond acceptors (Lipinski definition) is 2. The predicted octanol–water partition coefficient (Wildman–Crippen LogP) is 2.10. The Hall–Kier alpha value is -1.04. The average molecular weight is 222 g/mol. The van der Waals surface area contributed by atoms with Gasteiger partial charge in [-0.3, -0.25) is 4.68 Å². The van der Waals surface area contributed by atoms with Crippen molar-refractivity contribution < 1.29 is 18.3 Å². The van der Waals surface area contributed by atoms with Gasteiger partial charge in [-0.05, 0) is 11.5 Å². The zero-order valence-corrected chi connectivity index (χ0v) is 8.49. The Morgan fingerprint density at radius 2 is 2.07 bits per heavy atom. The van der Waals surface area contributed by atoms with Gasteiger partial charge in [0.15, 0.2) is 6.04 Å². The second kappa shape index (κ2) is 4.22. The van der Waals surface area contributed by atoms with Crippen LogP contribution in [0.5, 0.6) is 0 Å². The van der Waals surface area contributed by atoms with Crippen LogP contribution in [-0.2, 0) is 0 Å². The van der Waals surface area contributed by atoms with Crippen molar-refractivity contribution in [3.63, 3.8) is 0 Å². The smallest absolute Gasteiger partial charge is 0.394 e. The zero-order chi connectivity index (χ0) is 11.6. The lowest BCUT2D eigenvalue weighted by molar-refractivity contribution is -0.179. The molecule has 1 atom stereocenters. The van der Waals surface area contributed by atoms with E-state index in [4.69, 9.17) is 5.11 Å². The van der Waals surface area contributed by atoms with Gasteiger partial charge in [0.1, 0.15) is 0 Å². The van der Waals surface area contributed by atoms with E-state index in [9.17, 15) is 13.2 Å². The molecule has 0 bridgehead atoms. The molecule has 0 radical (unpaired) electrons. The van der Waals surface area contributed by atoms with E-state index in [-0.39, 0.29) is 5.92 Å². The zero-order valence-electron chi connectivity index (χ0n) is 8.49. The maximum Gasteiger partial charge on any atom is 0.413 e. The lowest BCUT2D eigenvalue weighted by Gasteiger charge is -2.18. The number of hydrogen-bond donors (Lipinski definition) is 1. The standard InChI is InChI=1S/C9H13F3N2O/c1-6(2)7-3-13-14(4-7)8(5-15)9(10,11)12/h3-4,6,8,15H,5H2,1-2H3.